The van der Waals surface area contributed by atoms with Gasteiger partial charge >= 0.3 is 0 Å². The molecule has 0 saturated carbocycles. The SMILES string of the molecule is O=c1cc(OCCCN2CCCC2)c2ccccc2[nH]1. The van der Waals surface area contributed by atoms with Crippen molar-refractivity contribution in [1.29, 1.82) is 0 Å². The van der Waals surface area contributed by atoms with Crippen molar-refractivity contribution in [2.75, 3.05) is 26.2 Å². The van der Waals surface area contributed by atoms with Crippen LogP contribution in [0.5, 0.6) is 5.75 Å². The number of nitrogens with zero attached hydrogens (tertiary/aromatic N) is 1. The summed E-state index contributed by atoms with van der Waals surface area (Å²) in [7, 11) is 0. The number of likely N-dealkylation sites (tertiary alicyclic amines) is 1. The molecule has 0 radical (unpaired) electrons. The Morgan fingerprint density at radius 2 is 2.00 bits per heavy atom. The van der Waals surface area contributed by atoms with Gasteiger partial charge in [-0.2, -0.15) is 0 Å². The molecule has 4 heteroatoms. The molecule has 1 fully saturated rings. The first kappa shape index (κ1) is 13.2. The summed E-state index contributed by atoms with van der Waals surface area (Å²) < 4.78 is 5.81. The zero-order valence-corrected chi connectivity index (χ0v) is 11.6. The van der Waals surface area contributed by atoms with Crippen molar-refractivity contribution in [1.82, 2.24) is 9.88 Å². The molecule has 4 nitrogen and oxygen atoms in total. The van der Waals surface area contributed by atoms with Crippen LogP contribution in [0.4, 0.5) is 0 Å². The van der Waals surface area contributed by atoms with E-state index in [0.29, 0.717) is 12.4 Å². The fourth-order valence-corrected chi connectivity index (χ4v) is 2.77. The third kappa shape index (κ3) is 3.02. The number of benzene rings is 1. The van der Waals surface area contributed by atoms with Crippen LogP contribution in [0.15, 0.2) is 35.1 Å². The lowest BCUT2D eigenvalue weighted by Crippen LogP contribution is -2.22. The lowest BCUT2D eigenvalue weighted by molar-refractivity contribution is 0.265. The van der Waals surface area contributed by atoms with E-state index in [-0.39, 0.29) is 5.56 Å². The van der Waals surface area contributed by atoms with Gasteiger partial charge in [0.15, 0.2) is 0 Å². The highest BCUT2D eigenvalue weighted by atomic mass is 16.5. The molecule has 1 aliphatic heterocycles. The van der Waals surface area contributed by atoms with Crippen molar-refractivity contribution in [2.45, 2.75) is 19.3 Å². The Hall–Kier alpha value is -1.81. The topological polar surface area (TPSA) is 45.3 Å². The smallest absolute Gasteiger partial charge is 0.252 e. The number of aromatic amines is 1. The first-order chi connectivity index (χ1) is 9.83. The predicted octanol–water partition coefficient (Wildman–Crippen LogP) is 2.39. The number of aromatic nitrogens is 1. The highest BCUT2D eigenvalue weighted by Gasteiger charge is 2.10. The van der Waals surface area contributed by atoms with E-state index >= 15 is 0 Å². The molecule has 20 heavy (non-hydrogen) atoms. The third-order valence-electron chi connectivity index (χ3n) is 3.79. The number of ether oxygens (including phenoxy) is 1. The molecule has 2 heterocycles. The molecule has 0 aliphatic carbocycles. The lowest BCUT2D eigenvalue weighted by Gasteiger charge is -2.14. The third-order valence-corrected chi connectivity index (χ3v) is 3.79. The summed E-state index contributed by atoms with van der Waals surface area (Å²) in [6.45, 7) is 4.17. The summed E-state index contributed by atoms with van der Waals surface area (Å²) in [5.41, 5.74) is 0.716. The van der Waals surface area contributed by atoms with Crippen LogP contribution < -0.4 is 10.3 Å². The van der Waals surface area contributed by atoms with Gasteiger partial charge in [-0.05, 0) is 44.5 Å². The van der Waals surface area contributed by atoms with Gasteiger partial charge in [0.05, 0.1) is 12.1 Å². The number of nitrogens with one attached hydrogen (secondary N) is 1. The van der Waals surface area contributed by atoms with Gasteiger partial charge in [0.25, 0.3) is 5.56 Å². The van der Waals surface area contributed by atoms with Gasteiger partial charge in [0, 0.05) is 18.0 Å². The standard InChI is InChI=1S/C16H20N2O2/c19-16-12-15(13-6-1-2-7-14(13)17-16)20-11-5-10-18-8-3-4-9-18/h1-2,6-7,12H,3-5,8-11H2,(H,17,19). The first-order valence-corrected chi connectivity index (χ1v) is 7.30. The van der Waals surface area contributed by atoms with Crippen molar-refractivity contribution in [3.8, 4) is 5.75 Å². The molecule has 106 valence electrons. The number of hydrogen-bond acceptors (Lipinski definition) is 3. The molecule has 1 N–H and O–H groups in total. The molecular weight excluding hydrogens is 252 g/mol. The van der Waals surface area contributed by atoms with Crippen molar-refractivity contribution >= 4 is 10.9 Å². The van der Waals surface area contributed by atoms with E-state index in [4.69, 9.17) is 4.74 Å². The maximum Gasteiger partial charge on any atom is 0.252 e. The van der Waals surface area contributed by atoms with Gasteiger partial charge in [0.2, 0.25) is 0 Å². The van der Waals surface area contributed by atoms with E-state index in [1.807, 2.05) is 24.3 Å². The van der Waals surface area contributed by atoms with Gasteiger partial charge in [-0.3, -0.25) is 4.79 Å². The Kier molecular flexibility index (Phi) is 4.02. The highest BCUT2D eigenvalue weighted by Crippen LogP contribution is 2.21. The highest BCUT2D eigenvalue weighted by molar-refractivity contribution is 5.84. The van der Waals surface area contributed by atoms with Crippen molar-refractivity contribution in [3.63, 3.8) is 0 Å². The normalized spacial score (nSPS) is 15.8. The summed E-state index contributed by atoms with van der Waals surface area (Å²) in [5.74, 6) is 0.686. The first-order valence-electron chi connectivity index (χ1n) is 7.30. The average Bonchev–Trinajstić information content (AvgIpc) is 2.96. The molecule has 1 aromatic heterocycles. The van der Waals surface area contributed by atoms with Crippen LogP contribution in [0, 0.1) is 0 Å². The molecule has 1 aromatic carbocycles. The minimum absolute atomic E-state index is 0.113. The van der Waals surface area contributed by atoms with Crippen molar-refractivity contribution in [3.05, 3.63) is 40.7 Å². The zero-order chi connectivity index (χ0) is 13.8. The molecule has 3 rings (SSSR count). The van der Waals surface area contributed by atoms with Gasteiger partial charge in [-0.15, -0.1) is 0 Å². The minimum Gasteiger partial charge on any atom is -0.493 e. The van der Waals surface area contributed by atoms with Crippen LogP contribution in [0.3, 0.4) is 0 Å². The second-order valence-corrected chi connectivity index (χ2v) is 5.29. The maximum absolute atomic E-state index is 11.6. The number of pyridine rings is 1. The summed E-state index contributed by atoms with van der Waals surface area (Å²) in [5, 5.41) is 0.966. The van der Waals surface area contributed by atoms with E-state index in [1.165, 1.54) is 32.0 Å². The van der Waals surface area contributed by atoms with Gasteiger partial charge in [-0.1, -0.05) is 12.1 Å². The fraction of sp³-hybridized carbons (Fsp3) is 0.438. The zero-order valence-electron chi connectivity index (χ0n) is 11.6. The van der Waals surface area contributed by atoms with E-state index in [9.17, 15) is 4.79 Å². The summed E-state index contributed by atoms with van der Waals surface area (Å²) in [6.07, 6.45) is 3.64. The summed E-state index contributed by atoms with van der Waals surface area (Å²) in [4.78, 5) is 16.9. The van der Waals surface area contributed by atoms with Gasteiger partial charge in [0.1, 0.15) is 5.75 Å². The van der Waals surface area contributed by atoms with Crippen LogP contribution in [0.25, 0.3) is 10.9 Å². The largest absolute Gasteiger partial charge is 0.493 e. The van der Waals surface area contributed by atoms with Crippen LogP contribution in [0.1, 0.15) is 19.3 Å². The van der Waals surface area contributed by atoms with E-state index in [0.717, 1.165) is 23.9 Å². The molecule has 0 unspecified atom stereocenters. The Labute approximate surface area is 118 Å². The van der Waals surface area contributed by atoms with Crippen molar-refractivity contribution < 1.29 is 4.74 Å². The molecular formula is C16H20N2O2. The second kappa shape index (κ2) is 6.09. The van der Waals surface area contributed by atoms with Crippen LogP contribution in [0.2, 0.25) is 0 Å². The van der Waals surface area contributed by atoms with E-state index in [2.05, 4.69) is 9.88 Å². The number of fused-ring (bicyclic) bond motifs is 1. The second-order valence-electron chi connectivity index (χ2n) is 5.29. The van der Waals surface area contributed by atoms with E-state index < -0.39 is 0 Å². The number of H-pyrrole nitrogens is 1. The number of para-hydroxylation sites is 1. The Morgan fingerprint density at radius 1 is 1.20 bits per heavy atom. The minimum atomic E-state index is -0.113. The molecule has 1 saturated heterocycles. The summed E-state index contributed by atoms with van der Waals surface area (Å²) in [6, 6.07) is 9.28. The molecule has 0 bridgehead atoms. The molecule has 2 aromatic rings. The average molecular weight is 272 g/mol. The number of hydrogen-bond donors (Lipinski definition) is 1. The number of rotatable bonds is 5. The van der Waals surface area contributed by atoms with Gasteiger partial charge in [-0.25, -0.2) is 0 Å². The lowest BCUT2D eigenvalue weighted by atomic mass is 10.2. The Morgan fingerprint density at radius 3 is 2.85 bits per heavy atom. The molecule has 0 spiro atoms. The molecule has 1 aliphatic rings. The maximum atomic E-state index is 11.6. The van der Waals surface area contributed by atoms with Crippen LogP contribution in [-0.4, -0.2) is 36.1 Å². The van der Waals surface area contributed by atoms with Crippen LogP contribution >= 0.6 is 0 Å². The fourth-order valence-electron chi connectivity index (χ4n) is 2.77. The predicted molar refractivity (Wildman–Crippen MR) is 80.4 cm³/mol. The molecule has 0 atom stereocenters. The van der Waals surface area contributed by atoms with Crippen molar-refractivity contribution in [2.24, 2.45) is 0 Å². The summed E-state index contributed by atoms with van der Waals surface area (Å²) >= 11 is 0. The Balaban J connectivity index is 1.63. The van der Waals surface area contributed by atoms with Gasteiger partial charge < -0.3 is 14.6 Å². The Bertz CT molecular complexity index is 630. The van der Waals surface area contributed by atoms with Crippen LogP contribution in [-0.2, 0) is 0 Å². The molecule has 0 amide bonds. The monoisotopic (exact) mass is 272 g/mol. The quantitative estimate of drug-likeness (QED) is 0.850. The van der Waals surface area contributed by atoms with E-state index in [1.54, 1.807) is 0 Å².